The van der Waals surface area contributed by atoms with E-state index in [1.165, 1.54) is 32.1 Å². The van der Waals surface area contributed by atoms with Crippen LogP contribution in [0.2, 0.25) is 0 Å². The van der Waals surface area contributed by atoms with Gasteiger partial charge in [-0.15, -0.1) is 0 Å². The number of nitriles is 1. The van der Waals surface area contributed by atoms with Gasteiger partial charge in [-0.1, -0.05) is 75.8 Å². The van der Waals surface area contributed by atoms with Crippen LogP contribution in [0.5, 0.6) is 0 Å². The van der Waals surface area contributed by atoms with Crippen molar-refractivity contribution in [2.75, 3.05) is 19.6 Å². The molecule has 138 valence electrons. The molecule has 1 atom stereocenters. The van der Waals surface area contributed by atoms with E-state index >= 15 is 0 Å². The van der Waals surface area contributed by atoms with E-state index in [1.54, 1.807) is 0 Å². The zero-order chi connectivity index (χ0) is 18.0. The summed E-state index contributed by atoms with van der Waals surface area (Å²) in [4.78, 5) is 2.33. The van der Waals surface area contributed by atoms with Crippen LogP contribution >= 0.6 is 0 Å². The summed E-state index contributed by atoms with van der Waals surface area (Å²) in [5, 5.41) is 20.1. The molecule has 1 fully saturated rings. The quantitative estimate of drug-likeness (QED) is 0.629. The Labute approximate surface area is 153 Å². The number of aliphatic hydroxyl groups is 1. The van der Waals surface area contributed by atoms with Crippen LogP contribution in [0, 0.1) is 11.3 Å². The molecule has 1 aliphatic heterocycles. The van der Waals surface area contributed by atoms with Crippen molar-refractivity contribution in [3.8, 4) is 6.07 Å². The minimum atomic E-state index is -0.345. The molecule has 1 saturated heterocycles. The third kappa shape index (κ3) is 6.13. The van der Waals surface area contributed by atoms with Gasteiger partial charge in [-0.2, -0.15) is 5.26 Å². The molecule has 0 bridgehead atoms. The summed E-state index contributed by atoms with van der Waals surface area (Å²) >= 11 is 0. The van der Waals surface area contributed by atoms with Crippen LogP contribution in [0.25, 0.3) is 0 Å². The van der Waals surface area contributed by atoms with Gasteiger partial charge in [-0.05, 0) is 24.8 Å². The molecule has 1 heterocycles. The fourth-order valence-electron chi connectivity index (χ4n) is 3.89. The first-order valence-electron chi connectivity index (χ1n) is 10.1. The molecule has 2 rings (SSSR count). The molecule has 0 radical (unpaired) electrons. The van der Waals surface area contributed by atoms with E-state index in [0.717, 1.165) is 50.9 Å². The zero-order valence-electron chi connectivity index (χ0n) is 15.8. The van der Waals surface area contributed by atoms with E-state index in [4.69, 9.17) is 0 Å². The van der Waals surface area contributed by atoms with Crippen LogP contribution in [0.15, 0.2) is 30.3 Å². The second kappa shape index (κ2) is 10.6. The number of β-amino-alcohol motifs (C(OH)–C–C–N with tert-alkyl or cyclic N) is 1. The third-order valence-electron chi connectivity index (χ3n) is 5.61. The lowest BCUT2D eigenvalue weighted by Gasteiger charge is -2.38. The molecule has 1 aromatic carbocycles. The molecule has 1 aliphatic rings. The lowest BCUT2D eigenvalue weighted by molar-refractivity contribution is 0.0825. The minimum Gasteiger partial charge on any atom is -0.392 e. The topological polar surface area (TPSA) is 47.3 Å². The van der Waals surface area contributed by atoms with E-state index < -0.39 is 0 Å². The van der Waals surface area contributed by atoms with Gasteiger partial charge >= 0.3 is 0 Å². The van der Waals surface area contributed by atoms with Gasteiger partial charge in [0.25, 0.3) is 0 Å². The van der Waals surface area contributed by atoms with Crippen molar-refractivity contribution >= 4 is 0 Å². The van der Waals surface area contributed by atoms with E-state index in [9.17, 15) is 10.4 Å². The molecule has 1 N–H and O–H groups in total. The first-order chi connectivity index (χ1) is 12.2. The van der Waals surface area contributed by atoms with Gasteiger partial charge in [0, 0.05) is 19.6 Å². The Hall–Kier alpha value is -1.37. The van der Waals surface area contributed by atoms with Gasteiger partial charge in [0.2, 0.25) is 0 Å². The van der Waals surface area contributed by atoms with E-state index in [0.29, 0.717) is 0 Å². The number of likely N-dealkylation sites (tertiary alicyclic amines) is 1. The standard InChI is InChI=1S/C22H34N2O/c1-2-3-4-5-6-10-13-21(25)18-24-16-14-22(19-23,15-17-24)20-11-8-7-9-12-20/h7-9,11-12,21,25H,2-6,10,13-18H2,1H3. The van der Waals surface area contributed by atoms with E-state index in [1.807, 2.05) is 18.2 Å². The Bertz CT molecular complexity index is 515. The first kappa shape index (κ1) is 19.9. The number of benzene rings is 1. The predicted molar refractivity (Wildman–Crippen MR) is 103 cm³/mol. The molecule has 0 spiro atoms. The molecule has 3 heteroatoms. The molecule has 0 aliphatic carbocycles. The number of nitrogens with zero attached hydrogens (tertiary/aromatic N) is 2. The lowest BCUT2D eigenvalue weighted by atomic mass is 9.74. The maximum atomic E-state index is 10.3. The van der Waals surface area contributed by atoms with Crippen LogP contribution in [-0.4, -0.2) is 35.7 Å². The highest BCUT2D eigenvalue weighted by Crippen LogP contribution is 2.34. The molecule has 0 amide bonds. The average Bonchev–Trinajstić information content (AvgIpc) is 2.66. The normalized spacial score (nSPS) is 18.6. The molecule has 1 aromatic rings. The number of hydrogen-bond acceptors (Lipinski definition) is 3. The Morgan fingerprint density at radius 1 is 1.08 bits per heavy atom. The maximum Gasteiger partial charge on any atom is 0.0846 e. The summed E-state index contributed by atoms with van der Waals surface area (Å²) in [6.45, 7) is 4.79. The summed E-state index contributed by atoms with van der Waals surface area (Å²) < 4.78 is 0. The van der Waals surface area contributed by atoms with E-state index in [-0.39, 0.29) is 11.5 Å². The monoisotopic (exact) mass is 342 g/mol. The highest BCUT2D eigenvalue weighted by molar-refractivity contribution is 5.33. The minimum absolute atomic E-state index is 0.225. The summed E-state index contributed by atoms with van der Waals surface area (Å²) in [5.74, 6) is 0. The van der Waals surface area contributed by atoms with Gasteiger partial charge in [0.15, 0.2) is 0 Å². The molecule has 3 nitrogen and oxygen atoms in total. The molecular weight excluding hydrogens is 308 g/mol. The number of rotatable bonds is 10. The fraction of sp³-hybridized carbons (Fsp3) is 0.682. The van der Waals surface area contributed by atoms with Crippen molar-refractivity contribution in [3.63, 3.8) is 0 Å². The lowest BCUT2D eigenvalue weighted by Crippen LogP contribution is -2.44. The highest BCUT2D eigenvalue weighted by atomic mass is 16.3. The highest BCUT2D eigenvalue weighted by Gasteiger charge is 2.36. The predicted octanol–water partition coefficient (Wildman–Crippen LogP) is 4.66. The summed E-state index contributed by atoms with van der Waals surface area (Å²) in [5.41, 5.74) is 0.798. The van der Waals surface area contributed by atoms with Crippen molar-refractivity contribution in [1.82, 2.24) is 4.90 Å². The molecular formula is C22H34N2O. The maximum absolute atomic E-state index is 10.3. The second-order valence-corrected chi connectivity index (χ2v) is 7.57. The first-order valence-corrected chi connectivity index (χ1v) is 10.1. The van der Waals surface area contributed by atoms with Crippen LogP contribution in [-0.2, 0) is 5.41 Å². The Kier molecular flexibility index (Phi) is 8.44. The van der Waals surface area contributed by atoms with Gasteiger partial charge in [0.05, 0.1) is 17.6 Å². The van der Waals surface area contributed by atoms with Gasteiger partial charge in [-0.25, -0.2) is 0 Å². The molecule has 0 aromatic heterocycles. The molecule has 25 heavy (non-hydrogen) atoms. The smallest absolute Gasteiger partial charge is 0.0846 e. The summed E-state index contributed by atoms with van der Waals surface area (Å²) in [6, 6.07) is 12.8. The summed E-state index contributed by atoms with van der Waals surface area (Å²) in [6.07, 6.45) is 10.0. The number of piperidine rings is 1. The Morgan fingerprint density at radius 2 is 1.72 bits per heavy atom. The van der Waals surface area contributed by atoms with Crippen molar-refractivity contribution in [2.24, 2.45) is 0 Å². The van der Waals surface area contributed by atoms with Crippen LogP contribution in [0.1, 0.15) is 70.3 Å². The van der Waals surface area contributed by atoms with E-state index in [2.05, 4.69) is 30.0 Å². The Morgan fingerprint density at radius 3 is 2.36 bits per heavy atom. The van der Waals surface area contributed by atoms with Gasteiger partial charge < -0.3 is 10.0 Å². The van der Waals surface area contributed by atoms with Crippen LogP contribution in [0.4, 0.5) is 0 Å². The van der Waals surface area contributed by atoms with Crippen LogP contribution < -0.4 is 0 Å². The average molecular weight is 343 g/mol. The number of hydrogen-bond donors (Lipinski definition) is 1. The van der Waals surface area contributed by atoms with Crippen molar-refractivity contribution in [3.05, 3.63) is 35.9 Å². The van der Waals surface area contributed by atoms with Crippen molar-refractivity contribution in [1.29, 1.82) is 5.26 Å². The van der Waals surface area contributed by atoms with Crippen molar-refractivity contribution < 1.29 is 5.11 Å². The number of aliphatic hydroxyl groups excluding tert-OH is 1. The fourth-order valence-corrected chi connectivity index (χ4v) is 3.89. The van der Waals surface area contributed by atoms with Crippen LogP contribution in [0.3, 0.4) is 0 Å². The van der Waals surface area contributed by atoms with Gasteiger partial charge in [0.1, 0.15) is 0 Å². The molecule has 0 saturated carbocycles. The number of unbranched alkanes of at least 4 members (excludes halogenated alkanes) is 5. The second-order valence-electron chi connectivity index (χ2n) is 7.57. The Balaban J connectivity index is 1.70. The molecule has 1 unspecified atom stereocenters. The largest absolute Gasteiger partial charge is 0.392 e. The SMILES string of the molecule is CCCCCCCCC(O)CN1CCC(C#N)(c2ccccc2)CC1. The zero-order valence-corrected chi connectivity index (χ0v) is 15.8. The summed E-state index contributed by atoms with van der Waals surface area (Å²) in [7, 11) is 0. The third-order valence-corrected chi connectivity index (χ3v) is 5.61. The van der Waals surface area contributed by atoms with Gasteiger partial charge in [-0.3, -0.25) is 0 Å². The van der Waals surface area contributed by atoms with Crippen molar-refractivity contribution in [2.45, 2.75) is 76.2 Å².